The molecule has 1 aromatic heterocycles. The maximum atomic E-state index is 11.2. The molecule has 0 aliphatic carbocycles. The Morgan fingerprint density at radius 3 is 2.80 bits per heavy atom. The normalized spacial score (nSPS) is 9.40. The monoisotopic (exact) mass is 212 g/mol. The van der Waals surface area contributed by atoms with Crippen LogP contribution in [0.3, 0.4) is 0 Å². The molecule has 0 radical (unpaired) electrons. The summed E-state index contributed by atoms with van der Waals surface area (Å²) in [5.74, 6) is 0.0795. The summed E-state index contributed by atoms with van der Waals surface area (Å²) < 4.78 is 4.29. The minimum absolute atomic E-state index is 0.0134. The van der Waals surface area contributed by atoms with Crippen molar-refractivity contribution < 1.29 is 9.42 Å². The predicted octanol–water partition coefficient (Wildman–Crippen LogP) is 0.202. The van der Waals surface area contributed by atoms with Crippen LogP contribution in [0.1, 0.15) is 13.3 Å². The number of nitrogens with zero attached hydrogens (tertiary/aromatic N) is 2. The average Bonchev–Trinajstić information content (AvgIpc) is 2.61. The van der Waals surface area contributed by atoms with Gasteiger partial charge in [0.1, 0.15) is 0 Å². The Hall–Kier alpha value is -2.25. The van der Waals surface area contributed by atoms with E-state index in [1.165, 1.54) is 0 Å². The number of anilines is 2. The first-order valence-electron chi connectivity index (χ1n) is 4.22. The van der Waals surface area contributed by atoms with Crippen LogP contribution in [-0.2, 0) is 0 Å². The summed E-state index contributed by atoms with van der Waals surface area (Å²) in [5.41, 5.74) is 10.9. The van der Waals surface area contributed by atoms with Gasteiger partial charge in [-0.2, -0.15) is 0 Å². The molecule has 8 nitrogen and oxygen atoms in total. The van der Waals surface area contributed by atoms with Crippen LogP contribution in [0.2, 0.25) is 0 Å². The minimum atomic E-state index is -0.535. The Kier molecular flexibility index (Phi) is 3.49. The molecule has 15 heavy (non-hydrogen) atoms. The average molecular weight is 212 g/mol. The fourth-order valence-corrected chi connectivity index (χ4v) is 0.654. The Labute approximate surface area is 85.8 Å². The van der Waals surface area contributed by atoms with E-state index < -0.39 is 6.03 Å². The molecule has 0 saturated carbocycles. The first kappa shape index (κ1) is 10.8. The number of amides is 2. The van der Waals surface area contributed by atoms with E-state index in [2.05, 4.69) is 37.7 Å². The number of aromatic nitrogens is 2. The summed E-state index contributed by atoms with van der Waals surface area (Å²) in [6.07, 6.45) is 0.702. The standard InChI is InChI=1S/C7H12N6O2/c1-3-4(2)10-11-7(14)9-6-5(8)12-15-13-6/h10H,2-3H2,1H3,(H2,8,12)(H2,9,11,13,14). The first-order valence-corrected chi connectivity index (χ1v) is 4.22. The van der Waals surface area contributed by atoms with Crippen LogP contribution in [0.5, 0.6) is 0 Å². The fraction of sp³-hybridized carbons (Fsp3) is 0.286. The predicted molar refractivity (Wildman–Crippen MR) is 53.4 cm³/mol. The molecule has 82 valence electrons. The van der Waals surface area contributed by atoms with Gasteiger partial charge in [0, 0.05) is 5.70 Å². The van der Waals surface area contributed by atoms with Crippen molar-refractivity contribution in [2.24, 2.45) is 0 Å². The molecule has 0 fully saturated rings. The Morgan fingerprint density at radius 1 is 1.53 bits per heavy atom. The number of hydrogen-bond donors (Lipinski definition) is 4. The number of nitrogens with two attached hydrogens (primary N) is 1. The second kappa shape index (κ2) is 4.84. The number of hydrazine groups is 1. The van der Waals surface area contributed by atoms with Gasteiger partial charge in [0.2, 0.25) is 11.6 Å². The summed E-state index contributed by atoms with van der Waals surface area (Å²) in [4.78, 5) is 11.2. The molecule has 2 amide bonds. The van der Waals surface area contributed by atoms with E-state index in [1.54, 1.807) is 0 Å². The second-order valence-electron chi connectivity index (χ2n) is 2.66. The number of rotatable bonds is 4. The maximum absolute atomic E-state index is 11.2. The van der Waals surface area contributed by atoms with Crippen LogP contribution in [0.25, 0.3) is 0 Å². The minimum Gasteiger partial charge on any atom is -0.378 e. The molecule has 5 N–H and O–H groups in total. The van der Waals surface area contributed by atoms with Gasteiger partial charge in [0.15, 0.2) is 0 Å². The van der Waals surface area contributed by atoms with Crippen molar-refractivity contribution in [3.8, 4) is 0 Å². The molecule has 0 spiro atoms. The number of urea groups is 1. The molecule has 1 heterocycles. The van der Waals surface area contributed by atoms with Gasteiger partial charge in [-0.3, -0.25) is 10.7 Å². The molecule has 0 bridgehead atoms. The van der Waals surface area contributed by atoms with E-state index in [9.17, 15) is 4.79 Å². The molecule has 0 unspecified atom stereocenters. The lowest BCUT2D eigenvalue weighted by Gasteiger charge is -2.08. The highest BCUT2D eigenvalue weighted by atomic mass is 16.6. The zero-order valence-electron chi connectivity index (χ0n) is 8.20. The van der Waals surface area contributed by atoms with Gasteiger partial charge in [-0.25, -0.2) is 9.42 Å². The maximum Gasteiger partial charge on any atom is 0.339 e. The first-order chi connectivity index (χ1) is 7.13. The van der Waals surface area contributed by atoms with E-state index in [4.69, 9.17) is 5.73 Å². The van der Waals surface area contributed by atoms with Crippen molar-refractivity contribution in [2.45, 2.75) is 13.3 Å². The van der Waals surface area contributed by atoms with Crippen molar-refractivity contribution in [3.63, 3.8) is 0 Å². The number of carbonyl (C=O) groups excluding carboxylic acids is 1. The Bertz CT molecular complexity index is 360. The summed E-state index contributed by atoms with van der Waals surface area (Å²) >= 11 is 0. The number of allylic oxidation sites excluding steroid dienone is 1. The van der Waals surface area contributed by atoms with Crippen molar-refractivity contribution >= 4 is 17.7 Å². The lowest BCUT2D eigenvalue weighted by molar-refractivity contribution is 0.249. The zero-order valence-corrected chi connectivity index (χ0v) is 8.20. The van der Waals surface area contributed by atoms with Crippen LogP contribution < -0.4 is 21.9 Å². The SMILES string of the molecule is C=C(CC)NNC(=O)Nc1nonc1N. The molecule has 0 aromatic carbocycles. The van der Waals surface area contributed by atoms with Crippen LogP contribution in [0, 0.1) is 0 Å². The molecular weight excluding hydrogens is 200 g/mol. The highest BCUT2D eigenvalue weighted by Crippen LogP contribution is 2.09. The summed E-state index contributed by atoms with van der Waals surface area (Å²) in [6.45, 7) is 5.53. The van der Waals surface area contributed by atoms with E-state index in [0.29, 0.717) is 12.1 Å². The molecule has 0 aliphatic rings. The smallest absolute Gasteiger partial charge is 0.339 e. The Morgan fingerprint density at radius 2 is 2.27 bits per heavy atom. The second-order valence-corrected chi connectivity index (χ2v) is 2.66. The number of nitrogens with one attached hydrogen (secondary N) is 3. The summed E-state index contributed by atoms with van der Waals surface area (Å²) in [6, 6.07) is -0.535. The van der Waals surface area contributed by atoms with E-state index in [1.807, 2.05) is 6.92 Å². The number of carbonyl (C=O) groups is 1. The largest absolute Gasteiger partial charge is 0.378 e. The van der Waals surface area contributed by atoms with Gasteiger partial charge in [-0.1, -0.05) is 13.5 Å². The molecule has 0 atom stereocenters. The topological polar surface area (TPSA) is 118 Å². The van der Waals surface area contributed by atoms with E-state index in [0.717, 1.165) is 0 Å². The van der Waals surface area contributed by atoms with Crippen molar-refractivity contribution in [1.82, 2.24) is 21.2 Å². The molecule has 1 rings (SSSR count). The Balaban J connectivity index is 2.37. The van der Waals surface area contributed by atoms with Gasteiger partial charge >= 0.3 is 6.03 Å². The van der Waals surface area contributed by atoms with Crippen LogP contribution in [-0.4, -0.2) is 16.3 Å². The third-order valence-electron chi connectivity index (χ3n) is 1.53. The summed E-state index contributed by atoms with van der Waals surface area (Å²) in [7, 11) is 0. The van der Waals surface area contributed by atoms with Crippen molar-refractivity contribution in [1.29, 1.82) is 0 Å². The van der Waals surface area contributed by atoms with Gasteiger partial charge in [0.25, 0.3) is 0 Å². The quantitative estimate of drug-likeness (QED) is 0.529. The highest BCUT2D eigenvalue weighted by Gasteiger charge is 2.09. The van der Waals surface area contributed by atoms with Crippen LogP contribution in [0.4, 0.5) is 16.4 Å². The van der Waals surface area contributed by atoms with E-state index >= 15 is 0 Å². The lowest BCUT2D eigenvalue weighted by atomic mass is 10.4. The number of hydrogen-bond acceptors (Lipinski definition) is 6. The molecule has 0 saturated heterocycles. The van der Waals surface area contributed by atoms with Gasteiger partial charge < -0.3 is 11.2 Å². The molecule has 8 heteroatoms. The van der Waals surface area contributed by atoms with Gasteiger partial charge in [-0.15, -0.1) is 0 Å². The van der Waals surface area contributed by atoms with Crippen molar-refractivity contribution in [3.05, 3.63) is 12.3 Å². The number of nitrogen functional groups attached to an aromatic ring is 1. The fourth-order valence-electron chi connectivity index (χ4n) is 0.654. The van der Waals surface area contributed by atoms with Crippen LogP contribution in [0.15, 0.2) is 16.9 Å². The summed E-state index contributed by atoms with van der Waals surface area (Å²) in [5, 5.41) is 8.99. The van der Waals surface area contributed by atoms with E-state index in [-0.39, 0.29) is 11.6 Å². The van der Waals surface area contributed by atoms with Gasteiger partial charge in [0.05, 0.1) is 0 Å². The zero-order chi connectivity index (χ0) is 11.3. The molecular formula is C7H12N6O2. The van der Waals surface area contributed by atoms with Crippen LogP contribution >= 0.6 is 0 Å². The lowest BCUT2D eigenvalue weighted by Crippen LogP contribution is -2.39. The third-order valence-corrected chi connectivity index (χ3v) is 1.53. The highest BCUT2D eigenvalue weighted by molar-refractivity contribution is 5.90. The molecule has 0 aliphatic heterocycles. The molecule has 1 aromatic rings. The third kappa shape index (κ3) is 3.18. The van der Waals surface area contributed by atoms with Crippen molar-refractivity contribution in [2.75, 3.05) is 11.1 Å². The van der Waals surface area contributed by atoms with Gasteiger partial charge in [-0.05, 0) is 16.7 Å².